The Bertz CT molecular complexity index is 810. The van der Waals surface area contributed by atoms with Crippen molar-refractivity contribution in [3.05, 3.63) is 63.6 Å². The van der Waals surface area contributed by atoms with Gasteiger partial charge < -0.3 is 14.4 Å². The van der Waals surface area contributed by atoms with Crippen LogP contribution in [0, 0.1) is 0 Å². The molecule has 2 aromatic carbocycles. The van der Waals surface area contributed by atoms with E-state index in [1.165, 1.54) is 6.92 Å². The molecule has 2 unspecified atom stereocenters. The molecule has 0 N–H and O–H groups in total. The van der Waals surface area contributed by atoms with Gasteiger partial charge >= 0.3 is 0 Å². The van der Waals surface area contributed by atoms with Crippen LogP contribution in [0.5, 0.6) is 5.75 Å². The van der Waals surface area contributed by atoms with Crippen molar-refractivity contribution < 1.29 is 19.1 Å². The number of nitrogens with zero attached hydrogens (tertiary/aromatic N) is 1. The molecular weight excluding hydrogens is 377 g/mol. The van der Waals surface area contributed by atoms with E-state index < -0.39 is 6.23 Å². The number of hydrogen-bond acceptors (Lipinski definition) is 4. The summed E-state index contributed by atoms with van der Waals surface area (Å²) in [4.78, 5) is 24.3. The molecule has 1 aliphatic heterocycles. The first-order valence-corrected chi connectivity index (χ1v) is 8.79. The molecular formula is C19H17Cl2NO4. The number of halogens is 2. The van der Waals surface area contributed by atoms with Crippen molar-refractivity contribution in [3.63, 3.8) is 0 Å². The first-order chi connectivity index (χ1) is 12.5. The normalized spacial score (nSPS) is 19.4. The number of amides is 1. The topological polar surface area (TPSA) is 55.8 Å². The maximum atomic E-state index is 12.0. The summed E-state index contributed by atoms with van der Waals surface area (Å²) >= 11 is 12.0. The van der Waals surface area contributed by atoms with Gasteiger partial charge in [0.25, 0.3) is 0 Å². The second kappa shape index (κ2) is 8.08. The van der Waals surface area contributed by atoms with E-state index in [0.717, 1.165) is 11.8 Å². The number of carbonyl (C=O) groups excluding carboxylic acids is 2. The molecule has 0 bridgehead atoms. The van der Waals surface area contributed by atoms with E-state index in [1.807, 2.05) is 0 Å². The van der Waals surface area contributed by atoms with E-state index in [1.54, 1.807) is 47.4 Å². The molecule has 1 heterocycles. The Morgan fingerprint density at radius 2 is 1.96 bits per heavy atom. The van der Waals surface area contributed by atoms with Crippen LogP contribution < -0.4 is 4.74 Å². The summed E-state index contributed by atoms with van der Waals surface area (Å²) in [5, 5.41) is 0.854. The highest BCUT2D eigenvalue weighted by atomic mass is 35.5. The molecule has 2 atom stereocenters. The third-order valence-electron chi connectivity index (χ3n) is 4.09. The largest absolute Gasteiger partial charge is 0.491 e. The van der Waals surface area contributed by atoms with Gasteiger partial charge in [0.1, 0.15) is 24.7 Å². The van der Waals surface area contributed by atoms with Gasteiger partial charge in [-0.2, -0.15) is 0 Å². The molecule has 3 rings (SSSR count). The standard InChI is InChI=1S/C19H17Cl2NO4/c1-12(24)22-9-16(11-25-15-5-2-13(10-23)3-6-15)26-19(22)14-4-7-17(20)18(21)8-14/h2-8,10,16,19H,9,11H2,1H3. The van der Waals surface area contributed by atoms with Crippen molar-refractivity contribution in [2.24, 2.45) is 0 Å². The fourth-order valence-corrected chi connectivity index (χ4v) is 3.06. The maximum Gasteiger partial charge on any atom is 0.221 e. The molecule has 0 aromatic heterocycles. The van der Waals surface area contributed by atoms with Gasteiger partial charge in [-0.3, -0.25) is 9.59 Å². The van der Waals surface area contributed by atoms with E-state index in [2.05, 4.69) is 0 Å². The number of rotatable bonds is 5. The summed E-state index contributed by atoms with van der Waals surface area (Å²) in [7, 11) is 0. The zero-order valence-corrected chi connectivity index (χ0v) is 15.5. The molecule has 0 radical (unpaired) electrons. The van der Waals surface area contributed by atoms with Crippen molar-refractivity contribution in [2.75, 3.05) is 13.2 Å². The van der Waals surface area contributed by atoms with Crippen LogP contribution in [0.2, 0.25) is 10.0 Å². The highest BCUT2D eigenvalue weighted by Crippen LogP contribution is 2.34. The Morgan fingerprint density at radius 3 is 2.58 bits per heavy atom. The molecule has 26 heavy (non-hydrogen) atoms. The van der Waals surface area contributed by atoms with Crippen molar-refractivity contribution in [2.45, 2.75) is 19.3 Å². The van der Waals surface area contributed by atoms with Crippen molar-refractivity contribution in [1.82, 2.24) is 4.90 Å². The Labute approximate surface area is 161 Å². The monoisotopic (exact) mass is 393 g/mol. The van der Waals surface area contributed by atoms with Crippen LogP contribution in [0.3, 0.4) is 0 Å². The van der Waals surface area contributed by atoms with Gasteiger partial charge in [0.15, 0.2) is 6.23 Å². The van der Waals surface area contributed by atoms with Gasteiger partial charge in [-0.05, 0) is 36.4 Å². The van der Waals surface area contributed by atoms with E-state index in [0.29, 0.717) is 27.9 Å². The number of carbonyl (C=O) groups is 2. The van der Waals surface area contributed by atoms with Crippen LogP contribution in [-0.2, 0) is 9.53 Å². The van der Waals surface area contributed by atoms with Gasteiger partial charge in [-0.15, -0.1) is 0 Å². The Kier molecular flexibility index (Phi) is 5.81. The first kappa shape index (κ1) is 18.7. The summed E-state index contributed by atoms with van der Waals surface area (Å²) in [5.74, 6) is 0.533. The van der Waals surface area contributed by atoms with Crippen LogP contribution in [0.1, 0.15) is 29.1 Å². The zero-order valence-electron chi connectivity index (χ0n) is 14.0. The van der Waals surface area contributed by atoms with Crippen LogP contribution in [-0.4, -0.2) is 36.3 Å². The quantitative estimate of drug-likeness (QED) is 0.716. The second-order valence-corrected chi connectivity index (χ2v) is 6.77. The molecule has 0 saturated carbocycles. The average molecular weight is 394 g/mol. The summed E-state index contributed by atoms with van der Waals surface area (Å²) in [6, 6.07) is 12.0. The molecule has 0 spiro atoms. The molecule has 1 amide bonds. The lowest BCUT2D eigenvalue weighted by Crippen LogP contribution is -2.30. The second-order valence-electron chi connectivity index (χ2n) is 5.95. The minimum absolute atomic E-state index is 0.0982. The van der Waals surface area contributed by atoms with Crippen molar-refractivity contribution in [3.8, 4) is 5.75 Å². The molecule has 5 nitrogen and oxygen atoms in total. The Morgan fingerprint density at radius 1 is 1.23 bits per heavy atom. The number of benzene rings is 2. The molecule has 136 valence electrons. The lowest BCUT2D eigenvalue weighted by Gasteiger charge is -2.22. The summed E-state index contributed by atoms with van der Waals surface area (Å²) in [6.07, 6.45) is -0.0476. The minimum Gasteiger partial charge on any atom is -0.491 e. The van der Waals surface area contributed by atoms with Gasteiger partial charge in [-0.25, -0.2) is 0 Å². The van der Waals surface area contributed by atoms with Gasteiger partial charge in [0, 0.05) is 18.1 Å². The van der Waals surface area contributed by atoms with Gasteiger partial charge in [0.2, 0.25) is 5.91 Å². The Hall–Kier alpha value is -2.08. The molecule has 1 saturated heterocycles. The fraction of sp³-hybridized carbons (Fsp3) is 0.263. The lowest BCUT2D eigenvalue weighted by molar-refractivity contribution is -0.134. The highest BCUT2D eigenvalue weighted by Gasteiger charge is 2.36. The molecule has 0 aliphatic carbocycles. The van der Waals surface area contributed by atoms with Crippen molar-refractivity contribution >= 4 is 35.4 Å². The average Bonchev–Trinajstić information content (AvgIpc) is 3.07. The van der Waals surface area contributed by atoms with Gasteiger partial charge in [0.05, 0.1) is 16.6 Å². The SMILES string of the molecule is CC(=O)N1CC(COc2ccc(C=O)cc2)OC1c1ccc(Cl)c(Cl)c1. The Balaban J connectivity index is 1.69. The van der Waals surface area contributed by atoms with E-state index in [9.17, 15) is 9.59 Å². The summed E-state index contributed by atoms with van der Waals surface area (Å²) in [6.45, 7) is 2.18. The van der Waals surface area contributed by atoms with Crippen LogP contribution >= 0.6 is 23.2 Å². The summed E-state index contributed by atoms with van der Waals surface area (Å²) in [5.41, 5.74) is 1.34. The molecule has 1 fully saturated rings. The predicted molar refractivity (Wildman–Crippen MR) is 98.8 cm³/mol. The smallest absolute Gasteiger partial charge is 0.221 e. The number of hydrogen-bond donors (Lipinski definition) is 0. The zero-order chi connectivity index (χ0) is 18.7. The van der Waals surface area contributed by atoms with Crippen LogP contribution in [0.25, 0.3) is 0 Å². The lowest BCUT2D eigenvalue weighted by atomic mass is 10.2. The van der Waals surface area contributed by atoms with Crippen LogP contribution in [0.4, 0.5) is 0 Å². The summed E-state index contributed by atoms with van der Waals surface area (Å²) < 4.78 is 11.7. The number of aldehydes is 1. The van der Waals surface area contributed by atoms with E-state index in [4.69, 9.17) is 32.7 Å². The molecule has 1 aliphatic rings. The van der Waals surface area contributed by atoms with Crippen LogP contribution in [0.15, 0.2) is 42.5 Å². The third-order valence-corrected chi connectivity index (χ3v) is 4.83. The maximum absolute atomic E-state index is 12.0. The van der Waals surface area contributed by atoms with Gasteiger partial charge in [-0.1, -0.05) is 29.3 Å². The number of ether oxygens (including phenoxy) is 2. The first-order valence-electron chi connectivity index (χ1n) is 8.03. The predicted octanol–water partition coefficient (Wildman–Crippen LogP) is 4.13. The minimum atomic E-state index is -0.534. The molecule has 2 aromatic rings. The van der Waals surface area contributed by atoms with E-state index >= 15 is 0 Å². The van der Waals surface area contributed by atoms with E-state index in [-0.39, 0.29) is 18.6 Å². The highest BCUT2D eigenvalue weighted by molar-refractivity contribution is 6.42. The van der Waals surface area contributed by atoms with Crippen molar-refractivity contribution in [1.29, 1.82) is 0 Å². The fourth-order valence-electron chi connectivity index (χ4n) is 2.76. The third kappa shape index (κ3) is 4.18. The molecule has 7 heteroatoms.